The molecule has 0 radical (unpaired) electrons. The van der Waals surface area contributed by atoms with E-state index in [2.05, 4.69) is 45.0 Å². The second kappa shape index (κ2) is 7.51. The van der Waals surface area contributed by atoms with E-state index in [4.69, 9.17) is 4.74 Å². The van der Waals surface area contributed by atoms with Crippen molar-refractivity contribution in [1.82, 2.24) is 19.9 Å². The molecule has 1 saturated heterocycles. The van der Waals surface area contributed by atoms with Crippen LogP contribution in [0.5, 0.6) is 6.01 Å². The van der Waals surface area contributed by atoms with Gasteiger partial charge in [-0.15, -0.1) is 0 Å². The standard InChI is InChI=1S/C18H24N4O/c1-14-5-3-7-17(21-14)9-15-6-4-8-22(12-15)13-16-10-19-18(23-2)20-11-16/h3,5,7,10-11,15H,4,6,8-9,12-13H2,1-2H3/t15-/m1/s1. The fourth-order valence-corrected chi connectivity index (χ4v) is 3.26. The topological polar surface area (TPSA) is 51.1 Å². The van der Waals surface area contributed by atoms with Crippen LogP contribution in [0.3, 0.4) is 0 Å². The van der Waals surface area contributed by atoms with Crippen LogP contribution >= 0.6 is 0 Å². The van der Waals surface area contributed by atoms with Crippen molar-refractivity contribution < 1.29 is 4.74 Å². The molecule has 1 aliphatic heterocycles. The molecule has 0 N–H and O–H groups in total. The molecule has 2 aromatic heterocycles. The lowest BCUT2D eigenvalue weighted by Crippen LogP contribution is -2.35. The normalized spacial score (nSPS) is 18.8. The van der Waals surface area contributed by atoms with E-state index in [1.807, 2.05) is 12.4 Å². The van der Waals surface area contributed by atoms with Gasteiger partial charge in [-0.25, -0.2) is 9.97 Å². The third-order valence-corrected chi connectivity index (χ3v) is 4.32. The predicted molar refractivity (Wildman–Crippen MR) is 89.3 cm³/mol. The number of likely N-dealkylation sites (tertiary alicyclic amines) is 1. The van der Waals surface area contributed by atoms with Gasteiger partial charge in [0.1, 0.15) is 0 Å². The molecule has 0 amide bonds. The molecule has 0 bridgehead atoms. The van der Waals surface area contributed by atoms with Crippen LogP contribution in [-0.2, 0) is 13.0 Å². The van der Waals surface area contributed by atoms with Gasteiger partial charge in [0.25, 0.3) is 0 Å². The molecule has 5 heteroatoms. The van der Waals surface area contributed by atoms with Crippen molar-refractivity contribution in [3.63, 3.8) is 0 Å². The Morgan fingerprint density at radius 2 is 2.09 bits per heavy atom. The average molecular weight is 312 g/mol. The lowest BCUT2D eigenvalue weighted by atomic mass is 9.93. The first-order valence-corrected chi connectivity index (χ1v) is 8.23. The van der Waals surface area contributed by atoms with Crippen LogP contribution in [0, 0.1) is 12.8 Å². The molecule has 1 atom stereocenters. The van der Waals surface area contributed by atoms with Gasteiger partial charge in [0, 0.05) is 42.4 Å². The smallest absolute Gasteiger partial charge is 0.316 e. The van der Waals surface area contributed by atoms with Gasteiger partial charge in [-0.1, -0.05) is 6.07 Å². The molecule has 1 aliphatic rings. The van der Waals surface area contributed by atoms with Gasteiger partial charge in [0.15, 0.2) is 0 Å². The summed E-state index contributed by atoms with van der Waals surface area (Å²) in [5, 5.41) is 0. The highest BCUT2D eigenvalue weighted by Gasteiger charge is 2.21. The molecule has 2 aromatic rings. The summed E-state index contributed by atoms with van der Waals surface area (Å²) < 4.78 is 5.01. The molecule has 3 rings (SSSR count). The number of methoxy groups -OCH3 is 1. The molecule has 122 valence electrons. The van der Waals surface area contributed by atoms with Crippen LogP contribution in [0.25, 0.3) is 0 Å². The van der Waals surface area contributed by atoms with Gasteiger partial charge in [0.2, 0.25) is 0 Å². The highest BCUT2D eigenvalue weighted by atomic mass is 16.5. The Bertz CT molecular complexity index is 629. The number of hydrogen-bond donors (Lipinski definition) is 0. The molecule has 1 fully saturated rings. The van der Waals surface area contributed by atoms with Crippen molar-refractivity contribution in [2.24, 2.45) is 5.92 Å². The van der Waals surface area contributed by atoms with E-state index in [9.17, 15) is 0 Å². The first-order chi connectivity index (χ1) is 11.2. The van der Waals surface area contributed by atoms with Crippen LogP contribution in [0.2, 0.25) is 0 Å². The zero-order valence-corrected chi connectivity index (χ0v) is 13.9. The van der Waals surface area contributed by atoms with E-state index in [0.29, 0.717) is 11.9 Å². The van der Waals surface area contributed by atoms with Crippen LogP contribution in [0.1, 0.15) is 29.8 Å². The van der Waals surface area contributed by atoms with Gasteiger partial charge in [-0.2, -0.15) is 0 Å². The van der Waals surface area contributed by atoms with E-state index in [0.717, 1.165) is 37.3 Å². The second-order valence-electron chi connectivity index (χ2n) is 6.30. The van der Waals surface area contributed by atoms with Gasteiger partial charge < -0.3 is 4.74 Å². The number of nitrogens with zero attached hydrogens (tertiary/aromatic N) is 4. The first kappa shape index (κ1) is 15.9. The molecule has 0 aliphatic carbocycles. The number of pyridine rings is 1. The van der Waals surface area contributed by atoms with Crippen molar-refractivity contribution in [3.05, 3.63) is 47.5 Å². The largest absolute Gasteiger partial charge is 0.467 e. The minimum atomic E-state index is 0.427. The van der Waals surface area contributed by atoms with Crippen molar-refractivity contribution in [2.45, 2.75) is 32.7 Å². The number of hydrogen-bond acceptors (Lipinski definition) is 5. The maximum absolute atomic E-state index is 5.01. The molecule has 0 aromatic carbocycles. The van der Waals surface area contributed by atoms with Crippen LogP contribution in [-0.4, -0.2) is 40.1 Å². The molecule has 23 heavy (non-hydrogen) atoms. The SMILES string of the molecule is COc1ncc(CN2CCC[C@H](Cc3cccc(C)n3)C2)cn1. The summed E-state index contributed by atoms with van der Waals surface area (Å²) in [5.41, 5.74) is 3.45. The average Bonchev–Trinajstić information content (AvgIpc) is 2.56. The lowest BCUT2D eigenvalue weighted by Gasteiger charge is -2.32. The summed E-state index contributed by atoms with van der Waals surface area (Å²) >= 11 is 0. The maximum Gasteiger partial charge on any atom is 0.316 e. The number of rotatable bonds is 5. The highest BCUT2D eigenvalue weighted by Crippen LogP contribution is 2.21. The van der Waals surface area contributed by atoms with Crippen molar-refractivity contribution in [1.29, 1.82) is 0 Å². The third-order valence-electron chi connectivity index (χ3n) is 4.32. The lowest BCUT2D eigenvalue weighted by molar-refractivity contribution is 0.166. The summed E-state index contributed by atoms with van der Waals surface area (Å²) in [7, 11) is 1.59. The minimum Gasteiger partial charge on any atom is -0.467 e. The van der Waals surface area contributed by atoms with Crippen LogP contribution in [0.15, 0.2) is 30.6 Å². The fourth-order valence-electron chi connectivity index (χ4n) is 3.26. The Kier molecular flexibility index (Phi) is 5.18. The van der Waals surface area contributed by atoms with Gasteiger partial charge in [-0.3, -0.25) is 9.88 Å². The molecular weight excluding hydrogens is 288 g/mol. The monoisotopic (exact) mass is 312 g/mol. The second-order valence-corrected chi connectivity index (χ2v) is 6.30. The number of piperidine rings is 1. The fraction of sp³-hybridized carbons (Fsp3) is 0.500. The zero-order chi connectivity index (χ0) is 16.1. The Balaban J connectivity index is 1.57. The third kappa shape index (κ3) is 4.48. The van der Waals surface area contributed by atoms with Gasteiger partial charge in [-0.05, 0) is 50.8 Å². The summed E-state index contributed by atoms with van der Waals surface area (Å²) in [5.74, 6) is 0.678. The maximum atomic E-state index is 5.01. The summed E-state index contributed by atoms with van der Waals surface area (Å²) in [6.07, 6.45) is 7.31. The molecule has 3 heterocycles. The minimum absolute atomic E-state index is 0.427. The highest BCUT2D eigenvalue weighted by molar-refractivity contribution is 5.11. The summed E-state index contributed by atoms with van der Waals surface area (Å²) in [4.78, 5) is 15.5. The molecule has 0 saturated carbocycles. The van der Waals surface area contributed by atoms with E-state index < -0.39 is 0 Å². The van der Waals surface area contributed by atoms with Gasteiger partial charge in [0.05, 0.1) is 7.11 Å². The zero-order valence-electron chi connectivity index (χ0n) is 13.9. The molecular formula is C18H24N4O. The van der Waals surface area contributed by atoms with E-state index in [1.165, 1.54) is 18.5 Å². The van der Waals surface area contributed by atoms with Crippen molar-refractivity contribution in [3.8, 4) is 6.01 Å². The van der Waals surface area contributed by atoms with E-state index >= 15 is 0 Å². The Hall–Kier alpha value is -2.01. The summed E-state index contributed by atoms with van der Waals surface area (Å²) in [6.45, 7) is 5.22. The van der Waals surface area contributed by atoms with Crippen molar-refractivity contribution >= 4 is 0 Å². The van der Waals surface area contributed by atoms with E-state index in [1.54, 1.807) is 7.11 Å². The number of ether oxygens (including phenoxy) is 1. The number of aromatic nitrogens is 3. The summed E-state index contributed by atoms with van der Waals surface area (Å²) in [6, 6.07) is 6.73. The van der Waals surface area contributed by atoms with Crippen LogP contribution < -0.4 is 4.74 Å². The predicted octanol–water partition coefficient (Wildman–Crippen LogP) is 2.64. The van der Waals surface area contributed by atoms with E-state index in [-0.39, 0.29) is 0 Å². The molecule has 5 nitrogen and oxygen atoms in total. The van der Waals surface area contributed by atoms with Crippen LogP contribution in [0.4, 0.5) is 0 Å². The van der Waals surface area contributed by atoms with Gasteiger partial charge >= 0.3 is 6.01 Å². The first-order valence-electron chi connectivity index (χ1n) is 8.23. The molecule has 0 spiro atoms. The Morgan fingerprint density at radius 3 is 2.83 bits per heavy atom. The molecule has 0 unspecified atom stereocenters. The number of aryl methyl sites for hydroxylation is 1. The Labute approximate surface area is 137 Å². The quantitative estimate of drug-likeness (QED) is 0.849. The Morgan fingerprint density at radius 1 is 1.26 bits per heavy atom. The van der Waals surface area contributed by atoms with Crippen molar-refractivity contribution in [2.75, 3.05) is 20.2 Å².